The molecule has 0 fully saturated rings. The average molecular weight is 519 g/mol. The number of halogens is 2. The van der Waals surface area contributed by atoms with Crippen LogP contribution in [0.3, 0.4) is 0 Å². The zero-order valence-corrected chi connectivity index (χ0v) is 18.7. The normalized spacial score (nSPS) is 11.1. The molecule has 0 aliphatic rings. The number of amides is 1. The highest BCUT2D eigenvalue weighted by atomic mass is 127. The van der Waals surface area contributed by atoms with Gasteiger partial charge in [-0.3, -0.25) is 8.77 Å². The second-order valence-corrected chi connectivity index (χ2v) is 8.81. The van der Waals surface area contributed by atoms with Crippen LogP contribution >= 0.6 is 41.7 Å². The van der Waals surface area contributed by atoms with Crippen molar-refractivity contribution >= 4 is 58.5 Å². The Morgan fingerprint density at radius 1 is 1.44 bits per heavy atom. The van der Waals surface area contributed by atoms with Crippen LogP contribution in [0.15, 0.2) is 23.7 Å². The molecule has 0 spiro atoms. The topological polar surface area (TPSA) is 56.2 Å². The zero-order chi connectivity index (χ0) is 19.4. The van der Waals surface area contributed by atoms with E-state index in [2.05, 4.69) is 31.5 Å². The van der Waals surface area contributed by atoms with Crippen LogP contribution in [0.1, 0.15) is 23.2 Å². The van der Waals surface area contributed by atoms with E-state index in [0.717, 1.165) is 27.2 Å². The van der Waals surface area contributed by atoms with Crippen LogP contribution in [0.4, 0.5) is 4.39 Å². The van der Waals surface area contributed by atoms with E-state index in [1.807, 2.05) is 22.5 Å². The van der Waals surface area contributed by atoms with Crippen LogP contribution in [-0.2, 0) is 17.6 Å². The summed E-state index contributed by atoms with van der Waals surface area (Å²) in [5, 5.41) is 6.74. The Morgan fingerprint density at radius 3 is 2.93 bits per heavy atom. The van der Waals surface area contributed by atoms with Crippen molar-refractivity contribution in [1.29, 1.82) is 0 Å². The molecule has 0 saturated heterocycles. The van der Waals surface area contributed by atoms with Crippen molar-refractivity contribution in [2.24, 2.45) is 0 Å². The van der Waals surface area contributed by atoms with Crippen LogP contribution in [0.25, 0.3) is 10.9 Å². The number of thiazole rings is 1. The molecule has 0 unspecified atom stereocenters. The van der Waals surface area contributed by atoms with E-state index in [1.54, 1.807) is 17.4 Å². The van der Waals surface area contributed by atoms with Crippen molar-refractivity contribution in [3.63, 3.8) is 0 Å². The van der Waals surface area contributed by atoms with Gasteiger partial charge < -0.3 is 10.1 Å². The molecule has 0 radical (unpaired) electrons. The lowest BCUT2D eigenvalue weighted by Crippen LogP contribution is -2.22. The number of aromatic nitrogens is 2. The molecule has 2 heterocycles. The lowest BCUT2D eigenvalue weighted by atomic mass is 10.1. The Balaban J connectivity index is 1.78. The number of fused-ring (bicyclic) bond motifs is 1. The van der Waals surface area contributed by atoms with Gasteiger partial charge in [-0.1, -0.05) is 0 Å². The van der Waals surface area contributed by atoms with Crippen LogP contribution in [0.5, 0.6) is 5.75 Å². The summed E-state index contributed by atoms with van der Waals surface area (Å²) in [6.07, 6.45) is 3.29. The Morgan fingerprint density at radius 2 is 2.26 bits per heavy atom. The maximum absolute atomic E-state index is 14.5. The molecule has 0 saturated carbocycles. The van der Waals surface area contributed by atoms with Crippen molar-refractivity contribution in [2.75, 3.05) is 13.2 Å². The lowest BCUT2D eigenvalue weighted by Gasteiger charge is -2.08. The van der Waals surface area contributed by atoms with Crippen molar-refractivity contribution < 1.29 is 13.9 Å². The smallest absolute Gasteiger partial charge is 0.216 e. The van der Waals surface area contributed by atoms with Crippen LogP contribution < -0.4 is 10.1 Å². The maximum atomic E-state index is 14.5. The molecule has 2 aromatic heterocycles. The third-order valence-electron chi connectivity index (χ3n) is 4.03. The SMILES string of the molecule is CC(=O)NCCc1cn(SI)c2cc(F)c(OCCc3csc(C)n3)cc12. The Hall–Kier alpha value is -1.33. The minimum absolute atomic E-state index is 0.0608. The molecule has 9 heteroatoms. The van der Waals surface area contributed by atoms with Crippen molar-refractivity contribution in [1.82, 2.24) is 14.3 Å². The highest BCUT2D eigenvalue weighted by Crippen LogP contribution is 2.33. The summed E-state index contributed by atoms with van der Waals surface area (Å²) in [6.45, 7) is 4.36. The number of nitrogens with zero attached hydrogens (tertiary/aromatic N) is 2. The van der Waals surface area contributed by atoms with Gasteiger partial charge in [0.1, 0.15) is 0 Å². The third-order valence-corrected chi connectivity index (χ3v) is 6.58. The van der Waals surface area contributed by atoms with Gasteiger partial charge in [0.2, 0.25) is 5.91 Å². The van der Waals surface area contributed by atoms with E-state index in [-0.39, 0.29) is 17.5 Å². The van der Waals surface area contributed by atoms with E-state index < -0.39 is 0 Å². The molecule has 0 bridgehead atoms. The summed E-state index contributed by atoms with van der Waals surface area (Å²) in [6, 6.07) is 3.26. The first-order valence-corrected chi connectivity index (χ1v) is 12.6. The molecule has 3 rings (SSSR count). The van der Waals surface area contributed by atoms with Crippen molar-refractivity contribution in [3.8, 4) is 5.75 Å². The molecular weight excluding hydrogens is 500 g/mol. The average Bonchev–Trinajstić information content (AvgIpc) is 3.18. The summed E-state index contributed by atoms with van der Waals surface area (Å²) in [7, 11) is 1.48. The van der Waals surface area contributed by atoms with Crippen LogP contribution in [-0.4, -0.2) is 28.0 Å². The summed E-state index contributed by atoms with van der Waals surface area (Å²) >= 11 is 3.76. The van der Waals surface area contributed by atoms with Gasteiger partial charge in [0.25, 0.3) is 0 Å². The lowest BCUT2D eigenvalue weighted by molar-refractivity contribution is -0.118. The number of ether oxygens (including phenoxy) is 1. The highest BCUT2D eigenvalue weighted by molar-refractivity contribution is 14.2. The number of benzene rings is 1. The molecule has 1 amide bonds. The number of aryl methyl sites for hydroxylation is 1. The van der Waals surface area contributed by atoms with Gasteiger partial charge >= 0.3 is 0 Å². The fraction of sp³-hybridized carbons (Fsp3) is 0.333. The molecule has 0 aliphatic carbocycles. The number of carbonyl (C=O) groups excluding carboxylic acids is 1. The second kappa shape index (κ2) is 9.24. The molecule has 1 N–H and O–H groups in total. The molecule has 3 aromatic rings. The summed E-state index contributed by atoms with van der Waals surface area (Å²) in [4.78, 5) is 15.5. The van der Waals surface area contributed by atoms with Crippen LogP contribution in [0.2, 0.25) is 0 Å². The largest absolute Gasteiger partial charge is 0.490 e. The zero-order valence-electron chi connectivity index (χ0n) is 14.9. The number of hydrogen-bond acceptors (Lipinski definition) is 5. The van der Waals surface area contributed by atoms with Crippen molar-refractivity contribution in [3.05, 3.63) is 45.8 Å². The van der Waals surface area contributed by atoms with Gasteiger partial charge in [-0.25, -0.2) is 9.37 Å². The first kappa shape index (κ1) is 20.4. The summed E-state index contributed by atoms with van der Waals surface area (Å²) < 4.78 is 22.1. The molecule has 1 aromatic carbocycles. The Bertz CT molecular complexity index is 958. The standard InChI is InChI=1S/C18H19FIN3O2S2/c1-11(24)21-5-3-13-9-23(27-20)17-8-16(19)18(7-15(13)17)25-6-4-14-10-26-12(2)22-14/h7-10H,3-6H2,1-2H3,(H,21,24). The van der Waals surface area contributed by atoms with Crippen molar-refractivity contribution in [2.45, 2.75) is 26.7 Å². The third kappa shape index (κ3) is 5.14. The van der Waals surface area contributed by atoms with Gasteiger partial charge in [0.15, 0.2) is 11.6 Å². The van der Waals surface area contributed by atoms with E-state index in [4.69, 9.17) is 4.74 Å². The molecule has 27 heavy (non-hydrogen) atoms. The van der Waals surface area contributed by atoms with E-state index in [9.17, 15) is 9.18 Å². The number of carbonyl (C=O) groups is 1. The fourth-order valence-electron chi connectivity index (χ4n) is 2.79. The quantitative estimate of drug-likeness (QED) is 0.439. The second-order valence-electron chi connectivity index (χ2n) is 6.04. The van der Waals surface area contributed by atoms with E-state index in [1.165, 1.54) is 22.1 Å². The van der Waals surface area contributed by atoms with E-state index >= 15 is 0 Å². The first-order valence-electron chi connectivity index (χ1n) is 8.38. The molecular formula is C18H19FIN3O2S2. The van der Waals surface area contributed by atoms with E-state index in [0.29, 0.717) is 26.0 Å². The first-order chi connectivity index (χ1) is 13.0. The summed E-state index contributed by atoms with van der Waals surface area (Å²) in [5.74, 6) is -0.198. The number of nitrogens with one attached hydrogen (secondary N) is 1. The van der Waals surface area contributed by atoms with Gasteiger partial charge in [0, 0.05) is 73.2 Å². The van der Waals surface area contributed by atoms with Gasteiger partial charge in [-0.15, -0.1) is 11.3 Å². The monoisotopic (exact) mass is 519 g/mol. The fourth-order valence-corrected chi connectivity index (χ4v) is 4.81. The summed E-state index contributed by atoms with van der Waals surface area (Å²) in [5.41, 5.74) is 2.80. The predicted molar refractivity (Wildman–Crippen MR) is 117 cm³/mol. The predicted octanol–water partition coefficient (Wildman–Crippen LogP) is 4.69. The maximum Gasteiger partial charge on any atom is 0.216 e. The molecule has 0 atom stereocenters. The van der Waals surface area contributed by atoms with Gasteiger partial charge in [0.05, 0.1) is 22.8 Å². The highest BCUT2D eigenvalue weighted by Gasteiger charge is 2.14. The van der Waals surface area contributed by atoms with Gasteiger partial charge in [-0.05, 0) is 25.0 Å². The van der Waals surface area contributed by atoms with Gasteiger partial charge in [-0.2, -0.15) is 0 Å². The molecule has 5 nitrogen and oxygen atoms in total. The minimum Gasteiger partial charge on any atom is -0.490 e. The molecule has 144 valence electrons. The Kier molecular flexibility index (Phi) is 6.99. The number of rotatable bonds is 8. The Labute approximate surface area is 177 Å². The van der Waals surface area contributed by atoms with Crippen LogP contribution in [0, 0.1) is 12.7 Å². The molecule has 0 aliphatic heterocycles. The number of hydrogen-bond donors (Lipinski definition) is 1. The minimum atomic E-state index is -0.379.